The predicted octanol–water partition coefficient (Wildman–Crippen LogP) is 0.943. The van der Waals surface area contributed by atoms with Gasteiger partial charge in [0, 0.05) is 6.42 Å². The first kappa shape index (κ1) is 11.5. The summed E-state index contributed by atoms with van der Waals surface area (Å²) in [5.41, 5.74) is -2.19. The fourth-order valence-corrected chi connectivity index (χ4v) is 1.07. The highest BCUT2D eigenvalue weighted by molar-refractivity contribution is 5.84. The van der Waals surface area contributed by atoms with Crippen LogP contribution in [0.25, 0.3) is 0 Å². The Morgan fingerprint density at radius 1 is 1.53 bits per heavy atom. The molecule has 1 aliphatic carbocycles. The SMILES string of the molecule is CC(C)(C)C(=O)OC1CC1(C#N)C(=O)O. The lowest BCUT2D eigenvalue weighted by Crippen LogP contribution is -2.27. The van der Waals surface area contributed by atoms with Crippen molar-refractivity contribution in [3.63, 3.8) is 0 Å². The zero-order valence-corrected chi connectivity index (χ0v) is 8.90. The van der Waals surface area contributed by atoms with Crippen molar-refractivity contribution < 1.29 is 19.4 Å². The maximum Gasteiger partial charge on any atom is 0.328 e. The highest BCUT2D eigenvalue weighted by Crippen LogP contribution is 2.48. The van der Waals surface area contributed by atoms with E-state index < -0.39 is 28.9 Å². The summed E-state index contributed by atoms with van der Waals surface area (Å²) in [7, 11) is 0. The minimum absolute atomic E-state index is 0.0840. The van der Waals surface area contributed by atoms with Crippen LogP contribution in [0.2, 0.25) is 0 Å². The molecule has 0 aromatic heterocycles. The van der Waals surface area contributed by atoms with E-state index in [0.717, 1.165) is 0 Å². The second-order valence-electron chi connectivity index (χ2n) is 4.74. The van der Waals surface area contributed by atoms with Gasteiger partial charge in [0.25, 0.3) is 0 Å². The standard InChI is InChI=1S/C10H13NO4/c1-9(2,3)8(14)15-6-4-10(6,5-11)7(12)13/h6H,4H2,1-3H3,(H,12,13). The highest BCUT2D eigenvalue weighted by Gasteiger charge is 2.65. The number of carboxylic acids is 1. The van der Waals surface area contributed by atoms with Gasteiger partial charge in [0.1, 0.15) is 6.10 Å². The number of hydrogen-bond acceptors (Lipinski definition) is 4. The molecule has 0 amide bonds. The number of carbonyl (C=O) groups is 2. The average Bonchev–Trinajstić information content (AvgIpc) is 2.78. The van der Waals surface area contributed by atoms with Crippen LogP contribution in [0.1, 0.15) is 27.2 Å². The third-order valence-electron chi connectivity index (χ3n) is 2.34. The van der Waals surface area contributed by atoms with Gasteiger partial charge in [0.2, 0.25) is 0 Å². The molecule has 0 spiro atoms. The van der Waals surface area contributed by atoms with Crippen molar-refractivity contribution in [2.45, 2.75) is 33.3 Å². The molecule has 2 atom stereocenters. The monoisotopic (exact) mass is 211 g/mol. The van der Waals surface area contributed by atoms with Crippen LogP contribution < -0.4 is 0 Å². The number of rotatable bonds is 2. The number of nitrogens with zero attached hydrogens (tertiary/aromatic N) is 1. The fraction of sp³-hybridized carbons (Fsp3) is 0.700. The van der Waals surface area contributed by atoms with E-state index in [4.69, 9.17) is 15.1 Å². The summed E-state index contributed by atoms with van der Waals surface area (Å²) >= 11 is 0. The minimum Gasteiger partial charge on any atom is -0.480 e. The Kier molecular flexibility index (Phi) is 2.48. The van der Waals surface area contributed by atoms with Crippen LogP contribution in [0.3, 0.4) is 0 Å². The molecule has 2 unspecified atom stereocenters. The molecular formula is C10H13NO4. The van der Waals surface area contributed by atoms with Gasteiger partial charge in [-0.15, -0.1) is 0 Å². The molecule has 1 fully saturated rings. The van der Waals surface area contributed by atoms with Crippen LogP contribution in [0.5, 0.6) is 0 Å². The van der Waals surface area contributed by atoms with E-state index in [1.165, 1.54) is 0 Å². The Bertz CT molecular complexity index is 349. The van der Waals surface area contributed by atoms with Gasteiger partial charge in [-0.3, -0.25) is 9.59 Å². The maximum atomic E-state index is 11.4. The first-order valence-electron chi connectivity index (χ1n) is 4.60. The zero-order valence-electron chi connectivity index (χ0n) is 8.90. The van der Waals surface area contributed by atoms with E-state index in [-0.39, 0.29) is 6.42 Å². The van der Waals surface area contributed by atoms with Crippen molar-refractivity contribution in [1.29, 1.82) is 5.26 Å². The van der Waals surface area contributed by atoms with Gasteiger partial charge < -0.3 is 9.84 Å². The highest BCUT2D eigenvalue weighted by atomic mass is 16.6. The van der Waals surface area contributed by atoms with Gasteiger partial charge in [0.15, 0.2) is 5.41 Å². The molecule has 15 heavy (non-hydrogen) atoms. The van der Waals surface area contributed by atoms with Gasteiger partial charge in [-0.2, -0.15) is 5.26 Å². The predicted molar refractivity (Wildman–Crippen MR) is 49.6 cm³/mol. The number of nitriles is 1. The van der Waals surface area contributed by atoms with E-state index in [2.05, 4.69) is 0 Å². The van der Waals surface area contributed by atoms with Gasteiger partial charge in [0.05, 0.1) is 11.5 Å². The Morgan fingerprint density at radius 3 is 2.33 bits per heavy atom. The fourth-order valence-electron chi connectivity index (χ4n) is 1.07. The van der Waals surface area contributed by atoms with Crippen LogP contribution in [-0.4, -0.2) is 23.1 Å². The van der Waals surface area contributed by atoms with E-state index in [1.54, 1.807) is 26.8 Å². The van der Waals surface area contributed by atoms with E-state index in [0.29, 0.717) is 0 Å². The first-order valence-corrected chi connectivity index (χ1v) is 4.60. The quantitative estimate of drug-likeness (QED) is 0.687. The van der Waals surface area contributed by atoms with Crippen LogP contribution >= 0.6 is 0 Å². The lowest BCUT2D eigenvalue weighted by Gasteiger charge is -2.16. The summed E-state index contributed by atoms with van der Waals surface area (Å²) < 4.78 is 4.95. The Balaban J connectivity index is 2.64. The maximum absolute atomic E-state index is 11.4. The van der Waals surface area contributed by atoms with Crippen LogP contribution in [0.15, 0.2) is 0 Å². The second-order valence-corrected chi connectivity index (χ2v) is 4.74. The normalized spacial score (nSPS) is 29.1. The molecule has 0 aromatic rings. The lowest BCUT2D eigenvalue weighted by molar-refractivity contribution is -0.156. The summed E-state index contributed by atoms with van der Waals surface area (Å²) in [5.74, 6) is -1.71. The second kappa shape index (κ2) is 3.23. The molecule has 0 heterocycles. The molecule has 0 bridgehead atoms. The summed E-state index contributed by atoms with van der Waals surface area (Å²) in [5, 5.41) is 17.5. The Labute approximate surface area is 87.6 Å². The van der Waals surface area contributed by atoms with Crippen molar-refractivity contribution in [2.75, 3.05) is 0 Å². The van der Waals surface area contributed by atoms with Gasteiger partial charge in [-0.1, -0.05) is 0 Å². The molecule has 0 radical (unpaired) electrons. The molecule has 0 aromatic carbocycles. The molecular weight excluding hydrogens is 198 g/mol. The molecule has 1 rings (SSSR count). The Hall–Kier alpha value is -1.57. The van der Waals surface area contributed by atoms with Crippen molar-refractivity contribution in [3.8, 4) is 6.07 Å². The average molecular weight is 211 g/mol. The number of aliphatic carboxylic acids is 1. The molecule has 82 valence electrons. The topological polar surface area (TPSA) is 87.4 Å². The molecule has 5 nitrogen and oxygen atoms in total. The summed E-state index contributed by atoms with van der Waals surface area (Å²) in [4.78, 5) is 22.2. The largest absolute Gasteiger partial charge is 0.480 e. The number of hydrogen-bond donors (Lipinski definition) is 1. The van der Waals surface area contributed by atoms with Crippen LogP contribution in [-0.2, 0) is 14.3 Å². The van der Waals surface area contributed by atoms with E-state index in [9.17, 15) is 9.59 Å². The number of carbonyl (C=O) groups excluding carboxylic acids is 1. The van der Waals surface area contributed by atoms with Crippen LogP contribution in [0, 0.1) is 22.2 Å². The van der Waals surface area contributed by atoms with E-state index in [1.807, 2.05) is 0 Å². The summed E-state index contributed by atoms with van der Waals surface area (Å²) in [6.45, 7) is 5.02. The van der Waals surface area contributed by atoms with Gasteiger partial charge in [-0.25, -0.2) is 0 Å². The molecule has 1 aliphatic rings. The molecule has 0 saturated heterocycles. The van der Waals surface area contributed by atoms with E-state index >= 15 is 0 Å². The first-order chi connectivity index (χ1) is 6.74. The Morgan fingerprint density at radius 2 is 2.07 bits per heavy atom. The third kappa shape index (κ3) is 1.94. The number of esters is 1. The van der Waals surface area contributed by atoms with Crippen molar-refractivity contribution >= 4 is 11.9 Å². The number of ether oxygens (including phenoxy) is 1. The summed E-state index contributed by atoms with van der Waals surface area (Å²) in [6, 6.07) is 1.68. The van der Waals surface area contributed by atoms with Crippen LogP contribution in [0.4, 0.5) is 0 Å². The molecule has 5 heteroatoms. The minimum atomic E-state index is -1.51. The van der Waals surface area contributed by atoms with Crippen molar-refractivity contribution in [1.82, 2.24) is 0 Å². The third-order valence-corrected chi connectivity index (χ3v) is 2.34. The lowest BCUT2D eigenvalue weighted by atomic mass is 9.97. The van der Waals surface area contributed by atoms with Crippen molar-refractivity contribution in [3.05, 3.63) is 0 Å². The molecule has 0 aliphatic heterocycles. The summed E-state index contributed by atoms with van der Waals surface area (Å²) in [6.07, 6.45) is -0.715. The van der Waals surface area contributed by atoms with Crippen molar-refractivity contribution in [2.24, 2.45) is 10.8 Å². The van der Waals surface area contributed by atoms with Gasteiger partial charge >= 0.3 is 11.9 Å². The van der Waals surface area contributed by atoms with Gasteiger partial charge in [-0.05, 0) is 20.8 Å². The molecule has 1 saturated carbocycles. The molecule has 1 N–H and O–H groups in total. The zero-order chi connectivity index (χ0) is 11.9. The number of carboxylic acid groups (broad SMARTS) is 1. The smallest absolute Gasteiger partial charge is 0.328 e.